The predicted molar refractivity (Wildman–Crippen MR) is 81.1 cm³/mol. The summed E-state index contributed by atoms with van der Waals surface area (Å²) in [6, 6.07) is 7.87. The summed E-state index contributed by atoms with van der Waals surface area (Å²) in [4.78, 5) is 1.31. The highest BCUT2D eigenvalue weighted by molar-refractivity contribution is 7.10. The minimum atomic E-state index is 0.103. The highest BCUT2D eigenvalue weighted by Crippen LogP contribution is 2.34. The summed E-state index contributed by atoms with van der Waals surface area (Å²) in [5.74, 6) is 0. The van der Waals surface area contributed by atoms with Crippen LogP contribution in [0.2, 0.25) is 10.0 Å². The van der Waals surface area contributed by atoms with Crippen molar-refractivity contribution in [2.24, 2.45) is 0 Å². The van der Waals surface area contributed by atoms with Crippen molar-refractivity contribution in [3.8, 4) is 0 Å². The van der Waals surface area contributed by atoms with Gasteiger partial charge in [0.2, 0.25) is 0 Å². The van der Waals surface area contributed by atoms with Gasteiger partial charge in [0, 0.05) is 14.9 Å². The average molecular weight is 300 g/mol. The fourth-order valence-electron chi connectivity index (χ4n) is 2.06. The van der Waals surface area contributed by atoms with E-state index in [4.69, 9.17) is 23.2 Å². The third-order valence-electron chi connectivity index (χ3n) is 2.98. The third kappa shape index (κ3) is 2.72. The Bertz CT molecular complexity index is 536. The quantitative estimate of drug-likeness (QED) is 0.844. The number of aryl methyl sites for hydroxylation is 1. The van der Waals surface area contributed by atoms with E-state index in [2.05, 4.69) is 23.7 Å². The summed E-state index contributed by atoms with van der Waals surface area (Å²) in [6.45, 7) is 2.16. The number of benzene rings is 1. The van der Waals surface area contributed by atoms with E-state index in [9.17, 15) is 0 Å². The van der Waals surface area contributed by atoms with Gasteiger partial charge in [-0.05, 0) is 54.2 Å². The summed E-state index contributed by atoms with van der Waals surface area (Å²) < 4.78 is 0. The third-order valence-corrected chi connectivity index (χ3v) is 4.58. The first-order valence-corrected chi connectivity index (χ1v) is 7.49. The van der Waals surface area contributed by atoms with Crippen molar-refractivity contribution in [1.82, 2.24) is 5.32 Å². The van der Waals surface area contributed by atoms with E-state index in [0.29, 0.717) is 5.02 Å². The van der Waals surface area contributed by atoms with E-state index >= 15 is 0 Å². The molecule has 0 aliphatic rings. The Morgan fingerprint density at radius 3 is 2.72 bits per heavy atom. The Hall–Kier alpha value is -0.540. The highest BCUT2D eigenvalue weighted by Gasteiger charge is 2.19. The zero-order valence-electron chi connectivity index (χ0n) is 10.3. The molecule has 0 aliphatic carbocycles. The smallest absolute Gasteiger partial charge is 0.0686 e. The van der Waals surface area contributed by atoms with E-state index in [0.717, 1.165) is 17.0 Å². The van der Waals surface area contributed by atoms with E-state index in [1.165, 1.54) is 10.4 Å². The topological polar surface area (TPSA) is 12.0 Å². The lowest BCUT2D eigenvalue weighted by molar-refractivity contribution is 0.697. The molecule has 0 saturated heterocycles. The van der Waals surface area contributed by atoms with Gasteiger partial charge in [-0.3, -0.25) is 0 Å². The molecule has 0 radical (unpaired) electrons. The molecule has 0 bridgehead atoms. The maximum Gasteiger partial charge on any atom is 0.0686 e. The highest BCUT2D eigenvalue weighted by atomic mass is 35.5. The van der Waals surface area contributed by atoms with Crippen molar-refractivity contribution in [1.29, 1.82) is 0 Å². The van der Waals surface area contributed by atoms with Crippen LogP contribution in [0.25, 0.3) is 0 Å². The lowest BCUT2D eigenvalue weighted by Crippen LogP contribution is -2.18. The number of thiophene rings is 1. The Morgan fingerprint density at radius 1 is 1.28 bits per heavy atom. The molecule has 2 aromatic rings. The van der Waals surface area contributed by atoms with E-state index < -0.39 is 0 Å². The Kier molecular flexibility index (Phi) is 4.68. The van der Waals surface area contributed by atoms with Gasteiger partial charge in [0.05, 0.1) is 6.04 Å². The summed E-state index contributed by atoms with van der Waals surface area (Å²) in [5.41, 5.74) is 2.39. The van der Waals surface area contributed by atoms with Crippen LogP contribution >= 0.6 is 34.5 Å². The first-order chi connectivity index (χ1) is 8.67. The largest absolute Gasteiger partial charge is 0.309 e. The van der Waals surface area contributed by atoms with Crippen molar-refractivity contribution in [3.05, 3.63) is 55.7 Å². The molecular weight excluding hydrogens is 285 g/mol. The standard InChI is InChI=1S/C14H15Cl2NS/c1-3-9-6-7-18-14(9)13(17-2)11-8-10(15)4-5-12(11)16/h4-8,13,17H,3H2,1-2H3. The van der Waals surface area contributed by atoms with Gasteiger partial charge in [-0.2, -0.15) is 0 Å². The van der Waals surface area contributed by atoms with Crippen LogP contribution in [0, 0.1) is 0 Å². The Morgan fingerprint density at radius 2 is 2.06 bits per heavy atom. The van der Waals surface area contributed by atoms with Crippen LogP contribution in [0.1, 0.15) is 29.0 Å². The van der Waals surface area contributed by atoms with E-state index in [1.54, 1.807) is 11.3 Å². The van der Waals surface area contributed by atoms with E-state index in [-0.39, 0.29) is 6.04 Å². The minimum Gasteiger partial charge on any atom is -0.309 e. The van der Waals surface area contributed by atoms with Crippen molar-refractivity contribution in [3.63, 3.8) is 0 Å². The van der Waals surface area contributed by atoms with Gasteiger partial charge in [-0.15, -0.1) is 11.3 Å². The molecule has 1 aromatic carbocycles. The minimum absolute atomic E-state index is 0.103. The molecule has 0 saturated carbocycles. The second-order valence-corrected chi connectivity index (χ2v) is 5.84. The van der Waals surface area contributed by atoms with Gasteiger partial charge in [0.1, 0.15) is 0 Å². The van der Waals surface area contributed by atoms with Crippen molar-refractivity contribution >= 4 is 34.5 Å². The first-order valence-electron chi connectivity index (χ1n) is 5.85. The molecular formula is C14H15Cl2NS. The van der Waals surface area contributed by atoms with Crippen molar-refractivity contribution in [2.45, 2.75) is 19.4 Å². The SMILES string of the molecule is CCc1ccsc1C(NC)c1cc(Cl)ccc1Cl. The van der Waals surface area contributed by atoms with E-state index in [1.807, 2.05) is 25.2 Å². The normalized spacial score (nSPS) is 12.7. The van der Waals surface area contributed by atoms with Crippen LogP contribution in [-0.4, -0.2) is 7.05 Å². The second-order valence-electron chi connectivity index (χ2n) is 4.05. The van der Waals surface area contributed by atoms with Crippen LogP contribution in [-0.2, 0) is 6.42 Å². The fraction of sp³-hybridized carbons (Fsp3) is 0.286. The predicted octanol–water partition coefficient (Wildman–Crippen LogP) is 4.93. The average Bonchev–Trinajstić information content (AvgIpc) is 2.83. The van der Waals surface area contributed by atoms with Crippen LogP contribution in [0.5, 0.6) is 0 Å². The summed E-state index contributed by atoms with van der Waals surface area (Å²) >= 11 is 14.1. The molecule has 0 fully saturated rings. The molecule has 1 aromatic heterocycles. The monoisotopic (exact) mass is 299 g/mol. The summed E-state index contributed by atoms with van der Waals surface area (Å²) in [5, 5.41) is 6.91. The zero-order valence-corrected chi connectivity index (χ0v) is 12.7. The molecule has 1 N–H and O–H groups in total. The number of hydrogen-bond acceptors (Lipinski definition) is 2. The zero-order chi connectivity index (χ0) is 13.1. The van der Waals surface area contributed by atoms with Gasteiger partial charge < -0.3 is 5.32 Å². The number of nitrogens with one attached hydrogen (secondary N) is 1. The molecule has 96 valence electrons. The molecule has 0 aliphatic heterocycles. The van der Waals surface area contributed by atoms with Gasteiger partial charge in [-0.1, -0.05) is 30.1 Å². The summed E-state index contributed by atoms with van der Waals surface area (Å²) in [7, 11) is 1.95. The van der Waals surface area contributed by atoms with Gasteiger partial charge >= 0.3 is 0 Å². The number of halogens is 2. The van der Waals surface area contributed by atoms with Gasteiger partial charge in [-0.25, -0.2) is 0 Å². The molecule has 1 unspecified atom stereocenters. The van der Waals surface area contributed by atoms with Crippen LogP contribution in [0.3, 0.4) is 0 Å². The molecule has 0 amide bonds. The van der Waals surface area contributed by atoms with Crippen molar-refractivity contribution < 1.29 is 0 Å². The maximum absolute atomic E-state index is 6.29. The van der Waals surface area contributed by atoms with Crippen LogP contribution in [0.4, 0.5) is 0 Å². The Labute approximate surface area is 122 Å². The lowest BCUT2D eigenvalue weighted by Gasteiger charge is -2.18. The molecule has 2 rings (SSSR count). The van der Waals surface area contributed by atoms with Gasteiger partial charge in [0.25, 0.3) is 0 Å². The Balaban J connectivity index is 2.48. The van der Waals surface area contributed by atoms with Crippen LogP contribution in [0.15, 0.2) is 29.6 Å². The van der Waals surface area contributed by atoms with Crippen LogP contribution < -0.4 is 5.32 Å². The fourth-order valence-corrected chi connectivity index (χ4v) is 3.59. The number of rotatable bonds is 4. The first kappa shape index (κ1) is 13.9. The lowest BCUT2D eigenvalue weighted by atomic mass is 10.0. The van der Waals surface area contributed by atoms with Crippen molar-refractivity contribution in [2.75, 3.05) is 7.05 Å². The van der Waals surface area contributed by atoms with Gasteiger partial charge in [0.15, 0.2) is 0 Å². The molecule has 18 heavy (non-hydrogen) atoms. The summed E-state index contributed by atoms with van der Waals surface area (Å²) in [6.07, 6.45) is 1.02. The second kappa shape index (κ2) is 6.07. The molecule has 1 atom stereocenters. The molecule has 0 spiro atoms. The molecule has 4 heteroatoms. The maximum atomic E-state index is 6.29. The number of hydrogen-bond donors (Lipinski definition) is 1. The molecule has 1 nitrogen and oxygen atoms in total. The molecule has 1 heterocycles.